The molecule has 2 aromatic heterocycles. The number of phosphoric ester groups is 4. The molecule has 7 unspecified atom stereocenters. The summed E-state index contributed by atoms with van der Waals surface area (Å²) in [5, 5.41) is 25.1. The summed E-state index contributed by atoms with van der Waals surface area (Å²) in [6, 6.07) is 0. The van der Waals surface area contributed by atoms with Gasteiger partial charge in [0, 0.05) is 30.7 Å². The highest BCUT2D eigenvalue weighted by Gasteiger charge is 2.50. The van der Waals surface area contributed by atoms with Crippen LogP contribution in [0.3, 0.4) is 0 Å². The third-order valence-corrected chi connectivity index (χ3v) is 11.6. The van der Waals surface area contributed by atoms with Crippen molar-refractivity contribution in [1.82, 2.24) is 30.2 Å². The fraction of sp³-hybridized carbons (Fsp3) is 0.583. The molecule has 0 spiro atoms. The van der Waals surface area contributed by atoms with Crippen LogP contribution in [-0.4, -0.2) is 132 Å². The third-order valence-electron chi connectivity index (χ3n) is 7.19. The van der Waals surface area contributed by atoms with E-state index in [0.29, 0.717) is 11.8 Å². The van der Waals surface area contributed by atoms with E-state index in [1.54, 1.807) is 0 Å². The Labute approximate surface area is 325 Å². The van der Waals surface area contributed by atoms with Crippen molar-refractivity contribution in [2.45, 2.75) is 50.9 Å². The Bertz CT molecular complexity index is 1990. The molecular weight excluding hydrogens is 878 g/mol. The number of nitrogens with one attached hydrogen (secondary N) is 2. The molecule has 0 aliphatic carbocycles. The lowest BCUT2D eigenvalue weighted by Crippen LogP contribution is -2.46. The van der Waals surface area contributed by atoms with Crippen LogP contribution in [0.25, 0.3) is 11.2 Å². The number of hydrogen-bond acceptors (Lipinski definition) is 20. The summed E-state index contributed by atoms with van der Waals surface area (Å²) in [7, 11) is -21.5. The molecule has 322 valence electrons. The summed E-state index contributed by atoms with van der Waals surface area (Å²) >= 11 is 0.551. The van der Waals surface area contributed by atoms with E-state index in [9.17, 15) is 62.4 Å². The number of amides is 2. The first-order chi connectivity index (χ1) is 26.1. The monoisotopic (exact) mass is 917 g/mol. The van der Waals surface area contributed by atoms with E-state index >= 15 is 0 Å². The molecule has 33 heteroatoms. The second-order valence-electron chi connectivity index (χ2n) is 12.2. The molecule has 1 fully saturated rings. The SMILES string of the molecule is C=C(OP(=O)(O)O)C(=O)SCCNC(=O)CCNC(=O)C(O)C(C)(C)COP(=O)(O)OP(=O)(O)OCC1OC(n2cnc3c(N)ncnc32)C(O)C1OP(=O)(O)O. The van der Waals surface area contributed by atoms with E-state index in [2.05, 4.69) is 45.5 Å². The van der Waals surface area contributed by atoms with Gasteiger partial charge in [-0.1, -0.05) is 32.2 Å². The van der Waals surface area contributed by atoms with Gasteiger partial charge in [-0.25, -0.2) is 33.2 Å². The Hall–Kier alpha value is -2.75. The fourth-order valence-electron chi connectivity index (χ4n) is 4.54. The average Bonchev–Trinajstić information content (AvgIpc) is 3.63. The summed E-state index contributed by atoms with van der Waals surface area (Å²) in [5.74, 6) is -2.54. The van der Waals surface area contributed by atoms with E-state index < -0.39 is 103 Å². The van der Waals surface area contributed by atoms with Crippen molar-refractivity contribution in [3.8, 4) is 0 Å². The normalized spacial score (nSPS) is 21.6. The number of nitrogens with zero attached hydrogens (tertiary/aromatic N) is 4. The predicted octanol–water partition coefficient (Wildman–Crippen LogP) is -1.71. The number of thioether (sulfide) groups is 1. The molecule has 1 aliphatic heterocycles. The van der Waals surface area contributed by atoms with Gasteiger partial charge in [0.1, 0.15) is 36.3 Å². The Morgan fingerprint density at radius 1 is 1.02 bits per heavy atom. The number of ether oxygens (including phenoxy) is 1. The minimum atomic E-state index is -5.61. The van der Waals surface area contributed by atoms with Gasteiger partial charge in [0.05, 0.1) is 19.5 Å². The summed E-state index contributed by atoms with van der Waals surface area (Å²) in [5.41, 5.74) is 4.14. The number of aliphatic hydroxyl groups excluding tert-OH is 2. The van der Waals surface area contributed by atoms with Gasteiger partial charge in [-0.15, -0.1) is 0 Å². The average molecular weight is 918 g/mol. The molecule has 1 saturated heterocycles. The second kappa shape index (κ2) is 19.5. The van der Waals surface area contributed by atoms with Crippen LogP contribution in [-0.2, 0) is 59.8 Å². The first-order valence-electron chi connectivity index (χ1n) is 15.6. The Balaban J connectivity index is 1.48. The van der Waals surface area contributed by atoms with Crippen LogP contribution in [0.15, 0.2) is 25.0 Å². The van der Waals surface area contributed by atoms with Crippen LogP contribution >= 0.6 is 43.1 Å². The highest BCUT2D eigenvalue weighted by molar-refractivity contribution is 8.14. The number of carbonyl (C=O) groups excluding carboxylic acids is 3. The number of anilines is 1. The summed E-state index contributed by atoms with van der Waals surface area (Å²) < 4.78 is 76.7. The summed E-state index contributed by atoms with van der Waals surface area (Å²) in [4.78, 5) is 104. The standard InChI is InChI=1S/C24H39N7O21P4S/c1-12(50-53(37,38)39)23(36)57-7-6-26-14(32)4-5-27-21(35)18(34)24(2,3)9-48-56(45,46)52-55(43,44)47-8-13-17(51-54(40,41)42)16(33)22(49-13)31-11-30-15-19(25)28-10-29-20(15)31/h10-11,13,16-18,22,33-34H,1,4-9H2,2-3H3,(H,26,32)(H,27,35)(H,43,44)(H,45,46)(H2,25,28,29)(H2,37,38,39)(H2,40,41,42). The maximum absolute atomic E-state index is 12.7. The zero-order valence-corrected chi connectivity index (χ0v) is 33.8. The maximum Gasteiger partial charge on any atom is 0.524 e. The number of imidazole rings is 1. The Kier molecular flexibility index (Phi) is 16.7. The second-order valence-corrected chi connectivity index (χ2v) is 18.7. The maximum atomic E-state index is 12.7. The quantitative estimate of drug-likeness (QED) is 0.0271. The van der Waals surface area contributed by atoms with E-state index in [4.69, 9.17) is 29.3 Å². The lowest BCUT2D eigenvalue weighted by molar-refractivity contribution is -0.137. The van der Waals surface area contributed by atoms with Gasteiger partial charge in [0.15, 0.2) is 23.5 Å². The lowest BCUT2D eigenvalue weighted by atomic mass is 9.87. The largest absolute Gasteiger partial charge is 0.524 e. The van der Waals surface area contributed by atoms with Gasteiger partial charge >= 0.3 is 31.3 Å². The summed E-state index contributed by atoms with van der Waals surface area (Å²) in [6.07, 6.45) is -7.27. The molecule has 2 amide bonds. The van der Waals surface area contributed by atoms with Gasteiger partial charge in [-0.05, 0) is 0 Å². The number of hydrogen-bond donors (Lipinski definition) is 11. The Morgan fingerprint density at radius 2 is 1.67 bits per heavy atom. The van der Waals surface area contributed by atoms with E-state index in [1.165, 1.54) is 13.8 Å². The molecule has 0 bridgehead atoms. The molecular formula is C24H39N7O21P4S. The van der Waals surface area contributed by atoms with Crippen molar-refractivity contribution in [3.63, 3.8) is 0 Å². The highest BCUT2D eigenvalue weighted by atomic mass is 32.2. The van der Waals surface area contributed by atoms with E-state index in [-0.39, 0.29) is 42.2 Å². The van der Waals surface area contributed by atoms with Gasteiger partial charge in [0.2, 0.25) is 11.8 Å². The first kappa shape index (κ1) is 48.6. The molecule has 12 N–H and O–H groups in total. The minimum Gasteiger partial charge on any atom is -0.400 e. The number of aliphatic hydroxyl groups is 2. The number of phosphoric acid groups is 4. The molecule has 28 nitrogen and oxygen atoms in total. The van der Waals surface area contributed by atoms with Gasteiger partial charge in [0.25, 0.3) is 5.12 Å². The first-order valence-corrected chi connectivity index (χ1v) is 22.7. The van der Waals surface area contributed by atoms with Gasteiger partial charge in [-0.3, -0.25) is 42.3 Å². The highest BCUT2D eigenvalue weighted by Crippen LogP contribution is 2.61. The minimum absolute atomic E-state index is 0.0102. The molecule has 2 aromatic rings. The van der Waals surface area contributed by atoms with Gasteiger partial charge < -0.3 is 55.4 Å². The van der Waals surface area contributed by atoms with Crippen molar-refractivity contribution in [1.29, 1.82) is 0 Å². The number of aromatic nitrogens is 4. The lowest BCUT2D eigenvalue weighted by Gasteiger charge is -2.30. The molecule has 57 heavy (non-hydrogen) atoms. The zero-order valence-electron chi connectivity index (χ0n) is 29.4. The molecule has 0 radical (unpaired) electrons. The number of rotatable bonds is 22. The van der Waals surface area contributed by atoms with Crippen molar-refractivity contribution in [2.75, 3.05) is 37.8 Å². The van der Waals surface area contributed by atoms with Crippen LogP contribution in [0.2, 0.25) is 0 Å². The molecule has 0 aromatic carbocycles. The third kappa shape index (κ3) is 15.1. The fourth-order valence-corrected chi connectivity index (χ4v) is 8.39. The van der Waals surface area contributed by atoms with Gasteiger partial charge in [-0.2, -0.15) is 4.31 Å². The van der Waals surface area contributed by atoms with Crippen molar-refractivity contribution in [3.05, 3.63) is 25.0 Å². The number of fused-ring (bicyclic) bond motifs is 1. The number of nitrogen functional groups attached to an aromatic ring is 1. The van der Waals surface area contributed by atoms with Crippen LogP contribution in [0.1, 0.15) is 26.5 Å². The molecule has 0 saturated carbocycles. The van der Waals surface area contributed by atoms with Crippen LogP contribution < -0.4 is 16.4 Å². The molecule has 7 atom stereocenters. The van der Waals surface area contributed by atoms with Crippen molar-refractivity contribution in [2.24, 2.45) is 5.41 Å². The summed E-state index contributed by atoms with van der Waals surface area (Å²) in [6.45, 7) is 2.99. The van der Waals surface area contributed by atoms with Crippen LogP contribution in [0.4, 0.5) is 5.82 Å². The predicted molar refractivity (Wildman–Crippen MR) is 189 cm³/mol. The topological polar surface area (TPSA) is 430 Å². The van der Waals surface area contributed by atoms with E-state index in [1.807, 2.05) is 0 Å². The zero-order chi connectivity index (χ0) is 43.1. The van der Waals surface area contributed by atoms with E-state index in [0.717, 1.165) is 17.2 Å². The number of carbonyl (C=O) groups is 3. The molecule has 3 rings (SSSR count). The number of nitrogens with two attached hydrogens (primary N) is 1. The van der Waals surface area contributed by atoms with Crippen LogP contribution in [0, 0.1) is 5.41 Å². The smallest absolute Gasteiger partial charge is 0.400 e. The molecule has 3 heterocycles. The van der Waals surface area contributed by atoms with Crippen molar-refractivity contribution >= 4 is 77.0 Å². The van der Waals surface area contributed by atoms with Crippen molar-refractivity contribution < 1.29 is 99.4 Å². The molecule has 1 aliphatic rings. The van der Waals surface area contributed by atoms with Crippen LogP contribution in [0.5, 0.6) is 0 Å². The Morgan fingerprint density at radius 3 is 2.30 bits per heavy atom.